The minimum Gasteiger partial charge on any atom is -0.464 e. The van der Waals surface area contributed by atoms with Crippen molar-refractivity contribution in [3.63, 3.8) is 0 Å². The molecule has 0 aliphatic heterocycles. The van der Waals surface area contributed by atoms with Gasteiger partial charge in [0.2, 0.25) is 0 Å². The molecule has 0 saturated carbocycles. The number of methoxy groups -OCH3 is 1. The Kier molecular flexibility index (Phi) is 4.48. The molecule has 0 atom stereocenters. The van der Waals surface area contributed by atoms with Gasteiger partial charge in [0.25, 0.3) is 0 Å². The Morgan fingerprint density at radius 1 is 1.15 bits per heavy atom. The number of benzene rings is 1. The first-order valence-electron chi connectivity index (χ1n) is 5.34. The molecule has 2 rings (SSSR count). The number of carbonyl (C=O) groups excluding carboxylic acids is 1. The maximum atomic E-state index is 13.5. The van der Waals surface area contributed by atoms with Crippen LogP contribution in [-0.2, 0) is 4.74 Å². The third kappa shape index (κ3) is 2.73. The monoisotopic (exact) mass is 333 g/mol. The van der Waals surface area contributed by atoms with E-state index in [-0.39, 0.29) is 20.8 Å². The highest BCUT2D eigenvalue weighted by atomic mass is 35.5. The van der Waals surface area contributed by atoms with Gasteiger partial charge in [-0.05, 0) is 24.3 Å². The van der Waals surface area contributed by atoms with Gasteiger partial charge in [0.15, 0.2) is 11.5 Å². The lowest BCUT2D eigenvalue weighted by Gasteiger charge is -2.09. The average Bonchev–Trinajstić information content (AvgIpc) is 2.44. The fraction of sp³-hybridized carbons (Fsp3) is 0.0769. The highest BCUT2D eigenvalue weighted by Crippen LogP contribution is 2.38. The molecule has 1 heterocycles. The molecule has 0 amide bonds. The molecule has 0 aliphatic rings. The van der Waals surface area contributed by atoms with Crippen LogP contribution in [0.15, 0.2) is 24.3 Å². The van der Waals surface area contributed by atoms with Crippen LogP contribution in [0.4, 0.5) is 4.39 Å². The number of carbonyl (C=O) groups is 1. The number of nitrogens with zero attached hydrogens (tertiary/aromatic N) is 1. The van der Waals surface area contributed by atoms with Crippen molar-refractivity contribution in [1.29, 1.82) is 0 Å². The standard InChI is InChI=1S/C13H7Cl3FNO2/c1-20-13(19)12-8(17)4-5-9(18-12)10-6(14)2-3-7(15)11(10)16/h2-5H,1H3. The van der Waals surface area contributed by atoms with Gasteiger partial charge in [-0.2, -0.15) is 0 Å². The van der Waals surface area contributed by atoms with Crippen LogP contribution in [0.5, 0.6) is 0 Å². The van der Waals surface area contributed by atoms with Gasteiger partial charge in [-0.15, -0.1) is 0 Å². The van der Waals surface area contributed by atoms with Crippen LogP contribution in [0.1, 0.15) is 10.5 Å². The number of ether oxygens (including phenoxy) is 1. The van der Waals surface area contributed by atoms with E-state index in [1.807, 2.05) is 0 Å². The summed E-state index contributed by atoms with van der Waals surface area (Å²) in [6.45, 7) is 0. The smallest absolute Gasteiger partial charge is 0.359 e. The zero-order valence-corrected chi connectivity index (χ0v) is 12.4. The van der Waals surface area contributed by atoms with Gasteiger partial charge in [-0.1, -0.05) is 34.8 Å². The fourth-order valence-corrected chi connectivity index (χ4v) is 2.30. The Bertz CT molecular complexity index is 692. The molecule has 0 aliphatic carbocycles. The summed E-state index contributed by atoms with van der Waals surface area (Å²) in [7, 11) is 1.13. The van der Waals surface area contributed by atoms with Crippen LogP contribution >= 0.6 is 34.8 Å². The highest BCUT2D eigenvalue weighted by molar-refractivity contribution is 6.46. The Morgan fingerprint density at radius 3 is 2.45 bits per heavy atom. The van der Waals surface area contributed by atoms with Crippen molar-refractivity contribution in [2.24, 2.45) is 0 Å². The van der Waals surface area contributed by atoms with E-state index >= 15 is 0 Å². The van der Waals surface area contributed by atoms with Crippen LogP contribution in [0.2, 0.25) is 15.1 Å². The van der Waals surface area contributed by atoms with Crippen molar-refractivity contribution in [3.05, 3.63) is 50.8 Å². The summed E-state index contributed by atoms with van der Waals surface area (Å²) in [5, 5.41) is 0.736. The molecule has 1 aromatic heterocycles. The predicted molar refractivity (Wildman–Crippen MR) is 76.0 cm³/mol. The summed E-state index contributed by atoms with van der Waals surface area (Å²) < 4.78 is 18.0. The van der Waals surface area contributed by atoms with Crippen LogP contribution in [0.3, 0.4) is 0 Å². The minimum absolute atomic E-state index is 0.175. The molecule has 0 spiro atoms. The first kappa shape index (κ1) is 15.0. The largest absolute Gasteiger partial charge is 0.464 e. The average molecular weight is 335 g/mol. The number of rotatable bonds is 2. The number of aromatic nitrogens is 1. The van der Waals surface area contributed by atoms with Crippen molar-refractivity contribution < 1.29 is 13.9 Å². The van der Waals surface area contributed by atoms with E-state index in [0.29, 0.717) is 5.56 Å². The van der Waals surface area contributed by atoms with E-state index in [1.54, 1.807) is 0 Å². The summed E-state index contributed by atoms with van der Waals surface area (Å²) in [6.07, 6.45) is 0. The van der Waals surface area contributed by atoms with Gasteiger partial charge in [0.05, 0.1) is 27.9 Å². The molecule has 2 aromatic rings. The van der Waals surface area contributed by atoms with E-state index in [2.05, 4.69) is 9.72 Å². The van der Waals surface area contributed by atoms with Gasteiger partial charge in [-0.3, -0.25) is 0 Å². The molecule has 104 valence electrons. The molecular formula is C13H7Cl3FNO2. The number of pyridine rings is 1. The summed E-state index contributed by atoms with van der Waals surface area (Å²) >= 11 is 18.0. The predicted octanol–water partition coefficient (Wildman–Crippen LogP) is 4.63. The van der Waals surface area contributed by atoms with E-state index in [0.717, 1.165) is 13.2 Å². The van der Waals surface area contributed by atoms with Crippen molar-refractivity contribution in [3.8, 4) is 11.3 Å². The zero-order valence-electron chi connectivity index (χ0n) is 10.1. The second-order valence-electron chi connectivity index (χ2n) is 3.74. The van der Waals surface area contributed by atoms with Crippen LogP contribution in [0, 0.1) is 5.82 Å². The molecule has 20 heavy (non-hydrogen) atoms. The van der Waals surface area contributed by atoms with Gasteiger partial charge in [0, 0.05) is 5.56 Å². The molecule has 0 N–H and O–H groups in total. The lowest BCUT2D eigenvalue weighted by molar-refractivity contribution is 0.0588. The van der Waals surface area contributed by atoms with Gasteiger partial charge >= 0.3 is 5.97 Å². The number of esters is 1. The molecule has 0 bridgehead atoms. The van der Waals surface area contributed by atoms with Crippen LogP contribution < -0.4 is 0 Å². The summed E-state index contributed by atoms with van der Waals surface area (Å²) in [5.41, 5.74) is 0.104. The van der Waals surface area contributed by atoms with Gasteiger partial charge in [0.1, 0.15) is 0 Å². The summed E-state index contributed by atoms with van der Waals surface area (Å²) in [6, 6.07) is 5.50. The van der Waals surface area contributed by atoms with Crippen molar-refractivity contribution >= 4 is 40.8 Å². The fourth-order valence-electron chi connectivity index (χ4n) is 1.58. The van der Waals surface area contributed by atoms with Crippen molar-refractivity contribution in [2.75, 3.05) is 7.11 Å². The topological polar surface area (TPSA) is 39.2 Å². The Labute approximate surface area is 129 Å². The Balaban J connectivity index is 2.66. The van der Waals surface area contributed by atoms with Crippen molar-refractivity contribution in [1.82, 2.24) is 4.98 Å². The third-order valence-corrected chi connectivity index (χ3v) is 3.64. The Morgan fingerprint density at radius 2 is 1.80 bits per heavy atom. The number of hydrogen-bond donors (Lipinski definition) is 0. The molecule has 0 fully saturated rings. The molecule has 0 radical (unpaired) electrons. The molecule has 0 saturated heterocycles. The molecular weight excluding hydrogens is 328 g/mol. The van der Waals surface area contributed by atoms with Gasteiger partial charge < -0.3 is 4.74 Å². The van der Waals surface area contributed by atoms with Gasteiger partial charge in [-0.25, -0.2) is 14.2 Å². The lowest BCUT2D eigenvalue weighted by Crippen LogP contribution is -2.08. The van der Waals surface area contributed by atoms with E-state index in [4.69, 9.17) is 34.8 Å². The maximum Gasteiger partial charge on any atom is 0.359 e. The number of hydrogen-bond acceptors (Lipinski definition) is 3. The lowest BCUT2D eigenvalue weighted by atomic mass is 10.1. The first-order chi connectivity index (χ1) is 9.45. The first-order valence-corrected chi connectivity index (χ1v) is 6.47. The SMILES string of the molecule is COC(=O)c1nc(-c2c(Cl)ccc(Cl)c2Cl)ccc1F. The quantitative estimate of drug-likeness (QED) is 0.593. The minimum atomic E-state index is -0.890. The molecule has 3 nitrogen and oxygen atoms in total. The Hall–Kier alpha value is -1.36. The maximum absolute atomic E-state index is 13.5. The summed E-state index contributed by atoms with van der Waals surface area (Å²) in [4.78, 5) is 15.3. The van der Waals surface area contributed by atoms with E-state index in [9.17, 15) is 9.18 Å². The number of halogens is 4. The zero-order chi connectivity index (χ0) is 14.9. The van der Waals surface area contributed by atoms with Crippen LogP contribution in [-0.4, -0.2) is 18.1 Å². The summed E-state index contributed by atoms with van der Waals surface area (Å²) in [5.74, 6) is -1.69. The third-order valence-electron chi connectivity index (χ3n) is 2.52. The molecule has 7 heteroatoms. The normalized spacial score (nSPS) is 10.4. The highest BCUT2D eigenvalue weighted by Gasteiger charge is 2.19. The van der Waals surface area contributed by atoms with Crippen LogP contribution in [0.25, 0.3) is 11.3 Å². The second kappa shape index (κ2) is 5.95. The van der Waals surface area contributed by atoms with E-state index < -0.39 is 17.5 Å². The van der Waals surface area contributed by atoms with E-state index in [1.165, 1.54) is 18.2 Å². The molecule has 0 unspecified atom stereocenters. The molecule has 1 aromatic carbocycles. The second-order valence-corrected chi connectivity index (χ2v) is 4.93. The van der Waals surface area contributed by atoms with Crippen molar-refractivity contribution in [2.45, 2.75) is 0 Å².